The van der Waals surface area contributed by atoms with Crippen LogP contribution < -0.4 is 15.1 Å². The van der Waals surface area contributed by atoms with Crippen molar-refractivity contribution in [1.82, 2.24) is 14.3 Å². The summed E-state index contributed by atoms with van der Waals surface area (Å²) in [7, 11) is -3.69. The summed E-state index contributed by atoms with van der Waals surface area (Å²) in [6.45, 7) is 1.65. The average molecular weight is 521 g/mol. The van der Waals surface area contributed by atoms with Crippen LogP contribution in [-0.2, 0) is 19.6 Å². The molecule has 1 N–H and O–H groups in total. The maximum atomic E-state index is 13.1. The molecular formula is C25H24N6O5S. The Balaban J connectivity index is 1.20. The number of amides is 3. The number of nitrogens with one attached hydrogen (secondary N) is 1. The topological polar surface area (TPSA) is 133 Å². The number of anilines is 3. The quantitative estimate of drug-likeness (QED) is 0.487. The van der Waals surface area contributed by atoms with E-state index in [2.05, 4.69) is 15.3 Å². The number of hydrogen-bond acceptors (Lipinski definition) is 8. The normalized spacial score (nSPS) is 16.8. The summed E-state index contributed by atoms with van der Waals surface area (Å²) in [6.07, 6.45) is 5.22. The van der Waals surface area contributed by atoms with E-state index >= 15 is 0 Å². The van der Waals surface area contributed by atoms with Crippen LogP contribution >= 0.6 is 0 Å². The van der Waals surface area contributed by atoms with Crippen molar-refractivity contribution in [2.75, 3.05) is 41.3 Å². The van der Waals surface area contributed by atoms with Crippen LogP contribution in [0.1, 0.15) is 23.2 Å². The fourth-order valence-corrected chi connectivity index (χ4v) is 5.72. The zero-order valence-corrected chi connectivity index (χ0v) is 20.6. The van der Waals surface area contributed by atoms with E-state index in [1.54, 1.807) is 30.7 Å². The van der Waals surface area contributed by atoms with Crippen LogP contribution in [0.15, 0.2) is 72.0 Å². The van der Waals surface area contributed by atoms with E-state index < -0.39 is 15.9 Å². The molecule has 0 radical (unpaired) electrons. The van der Waals surface area contributed by atoms with Crippen LogP contribution in [0.3, 0.4) is 0 Å². The van der Waals surface area contributed by atoms with Crippen molar-refractivity contribution < 1.29 is 22.8 Å². The third kappa shape index (κ3) is 5.06. The number of sulfonamides is 1. The number of hydrogen-bond donors (Lipinski definition) is 1. The van der Waals surface area contributed by atoms with Crippen molar-refractivity contribution in [3.63, 3.8) is 0 Å². The molecule has 0 saturated carbocycles. The van der Waals surface area contributed by atoms with Gasteiger partial charge in [-0.25, -0.2) is 13.4 Å². The van der Waals surface area contributed by atoms with E-state index in [4.69, 9.17) is 0 Å². The molecule has 2 aromatic carbocycles. The van der Waals surface area contributed by atoms with Crippen molar-refractivity contribution in [1.29, 1.82) is 0 Å². The predicted octanol–water partition coefficient (Wildman–Crippen LogP) is 1.89. The van der Waals surface area contributed by atoms with Crippen molar-refractivity contribution in [2.24, 2.45) is 0 Å². The average Bonchev–Trinajstić information content (AvgIpc) is 3.27. The van der Waals surface area contributed by atoms with Crippen LogP contribution in [0.4, 0.5) is 17.2 Å². The third-order valence-electron chi connectivity index (χ3n) is 6.30. The van der Waals surface area contributed by atoms with Crippen molar-refractivity contribution >= 4 is 44.9 Å². The molecule has 2 aliphatic rings. The Kier molecular flexibility index (Phi) is 6.68. The zero-order chi connectivity index (χ0) is 26.0. The molecule has 11 nitrogen and oxygen atoms in total. The van der Waals surface area contributed by atoms with Gasteiger partial charge in [0.15, 0.2) is 0 Å². The SMILES string of the molecule is O=C(Nc1ccc(S(=O)(=O)N2CCN(c3cnccn3)CC2)cc1)c1ccc(N2C(=O)CCC2=O)cc1. The summed E-state index contributed by atoms with van der Waals surface area (Å²) in [4.78, 5) is 48.0. The second-order valence-corrected chi connectivity index (χ2v) is 10.5. The van der Waals surface area contributed by atoms with Gasteiger partial charge >= 0.3 is 0 Å². The molecule has 5 rings (SSSR count). The number of imide groups is 1. The molecular weight excluding hydrogens is 496 g/mol. The number of piperazine rings is 1. The van der Waals surface area contributed by atoms with E-state index in [0.29, 0.717) is 48.9 Å². The lowest BCUT2D eigenvalue weighted by Gasteiger charge is -2.34. The van der Waals surface area contributed by atoms with Gasteiger partial charge in [0.1, 0.15) is 5.82 Å². The maximum Gasteiger partial charge on any atom is 0.255 e. The van der Waals surface area contributed by atoms with E-state index in [9.17, 15) is 22.8 Å². The van der Waals surface area contributed by atoms with E-state index in [1.165, 1.54) is 40.7 Å². The van der Waals surface area contributed by atoms with Gasteiger partial charge in [0, 0.05) is 62.7 Å². The van der Waals surface area contributed by atoms with Crippen LogP contribution in [0, 0.1) is 0 Å². The van der Waals surface area contributed by atoms with E-state index in [0.717, 1.165) is 4.90 Å². The fourth-order valence-electron chi connectivity index (χ4n) is 4.30. The molecule has 3 heterocycles. The Hall–Kier alpha value is -4.16. The predicted molar refractivity (Wildman–Crippen MR) is 136 cm³/mol. The highest BCUT2D eigenvalue weighted by Gasteiger charge is 2.31. The van der Waals surface area contributed by atoms with Crippen LogP contribution in [0.5, 0.6) is 0 Å². The second-order valence-electron chi connectivity index (χ2n) is 8.60. The lowest BCUT2D eigenvalue weighted by atomic mass is 10.1. The number of aromatic nitrogens is 2. The molecule has 3 amide bonds. The third-order valence-corrected chi connectivity index (χ3v) is 8.21. The van der Waals surface area contributed by atoms with Gasteiger partial charge in [-0.05, 0) is 48.5 Å². The van der Waals surface area contributed by atoms with E-state index in [-0.39, 0.29) is 29.6 Å². The Morgan fingerprint density at radius 3 is 2.08 bits per heavy atom. The number of rotatable bonds is 6. The largest absolute Gasteiger partial charge is 0.353 e. The van der Waals surface area contributed by atoms with Gasteiger partial charge in [-0.1, -0.05) is 0 Å². The first-order valence-corrected chi connectivity index (χ1v) is 13.2. The Labute approximate surface area is 213 Å². The van der Waals surface area contributed by atoms with Gasteiger partial charge in [0.05, 0.1) is 16.8 Å². The molecule has 190 valence electrons. The number of nitrogens with zero attached hydrogens (tertiary/aromatic N) is 5. The molecule has 0 spiro atoms. The smallest absolute Gasteiger partial charge is 0.255 e. The lowest BCUT2D eigenvalue weighted by Crippen LogP contribution is -2.48. The molecule has 2 fully saturated rings. The second kappa shape index (κ2) is 10.1. The summed E-state index contributed by atoms with van der Waals surface area (Å²) >= 11 is 0. The molecule has 12 heteroatoms. The minimum atomic E-state index is -3.69. The summed E-state index contributed by atoms with van der Waals surface area (Å²) in [5.74, 6) is -0.206. The fraction of sp³-hybridized carbons (Fsp3) is 0.240. The molecule has 2 saturated heterocycles. The van der Waals surface area contributed by atoms with Crippen LogP contribution in [0.25, 0.3) is 0 Å². The number of carbonyl (C=O) groups is 3. The minimum absolute atomic E-state index is 0.141. The summed E-state index contributed by atoms with van der Waals surface area (Å²) in [5.41, 5.74) is 1.20. The first kappa shape index (κ1) is 24.5. The number of benzene rings is 2. The van der Waals surface area contributed by atoms with Gasteiger partial charge in [0.25, 0.3) is 5.91 Å². The summed E-state index contributed by atoms with van der Waals surface area (Å²) in [5, 5.41) is 2.73. The molecule has 0 unspecified atom stereocenters. The highest BCUT2D eigenvalue weighted by Crippen LogP contribution is 2.24. The first-order chi connectivity index (χ1) is 17.8. The minimum Gasteiger partial charge on any atom is -0.353 e. The Morgan fingerprint density at radius 1 is 0.838 bits per heavy atom. The first-order valence-electron chi connectivity index (χ1n) is 11.7. The van der Waals surface area contributed by atoms with Crippen molar-refractivity contribution in [3.05, 3.63) is 72.7 Å². The van der Waals surface area contributed by atoms with Crippen LogP contribution in [0.2, 0.25) is 0 Å². The van der Waals surface area contributed by atoms with Gasteiger partial charge in [0.2, 0.25) is 21.8 Å². The summed E-state index contributed by atoms with van der Waals surface area (Å²) in [6, 6.07) is 12.2. The van der Waals surface area contributed by atoms with E-state index in [1.807, 2.05) is 4.90 Å². The highest BCUT2D eigenvalue weighted by molar-refractivity contribution is 7.89. The summed E-state index contributed by atoms with van der Waals surface area (Å²) < 4.78 is 27.7. The monoisotopic (exact) mass is 520 g/mol. The zero-order valence-electron chi connectivity index (χ0n) is 19.8. The molecule has 0 bridgehead atoms. The lowest BCUT2D eigenvalue weighted by molar-refractivity contribution is -0.121. The van der Waals surface area contributed by atoms with Crippen molar-refractivity contribution in [3.8, 4) is 0 Å². The van der Waals surface area contributed by atoms with Gasteiger partial charge < -0.3 is 10.2 Å². The maximum absolute atomic E-state index is 13.1. The standard InChI is InChI=1S/C25H24N6O5S/c32-23-9-10-24(33)31(23)20-5-1-18(2-6-20)25(34)28-19-3-7-21(8-4-19)37(35,36)30-15-13-29(14-16-30)22-17-26-11-12-27-22/h1-8,11-12,17H,9-10,13-16H2,(H,28,34). The molecule has 3 aromatic rings. The van der Waals surface area contributed by atoms with Crippen LogP contribution in [-0.4, -0.2) is 66.6 Å². The molecule has 0 aliphatic carbocycles. The molecule has 37 heavy (non-hydrogen) atoms. The molecule has 0 atom stereocenters. The van der Waals surface area contributed by atoms with Gasteiger partial charge in [-0.15, -0.1) is 0 Å². The highest BCUT2D eigenvalue weighted by atomic mass is 32.2. The van der Waals surface area contributed by atoms with Gasteiger partial charge in [-0.3, -0.25) is 24.3 Å². The number of carbonyl (C=O) groups excluding carboxylic acids is 3. The Bertz CT molecular complexity index is 1400. The van der Waals surface area contributed by atoms with Crippen molar-refractivity contribution in [2.45, 2.75) is 17.7 Å². The molecule has 1 aromatic heterocycles. The molecule has 2 aliphatic heterocycles. The Morgan fingerprint density at radius 2 is 1.49 bits per heavy atom. The van der Waals surface area contributed by atoms with Gasteiger partial charge in [-0.2, -0.15) is 4.31 Å².